The van der Waals surface area contributed by atoms with Crippen molar-refractivity contribution < 1.29 is 21.9 Å². The Morgan fingerprint density at radius 1 is 1.18 bits per heavy atom. The van der Waals surface area contributed by atoms with E-state index in [0.29, 0.717) is 5.56 Å². The van der Waals surface area contributed by atoms with E-state index in [1.54, 1.807) is 0 Å². The fourth-order valence-corrected chi connectivity index (χ4v) is 2.96. The molecule has 0 aliphatic heterocycles. The fourth-order valence-electron chi connectivity index (χ4n) is 1.62. The van der Waals surface area contributed by atoms with Crippen molar-refractivity contribution in [1.29, 1.82) is 0 Å². The van der Waals surface area contributed by atoms with Gasteiger partial charge in [-0.1, -0.05) is 23.7 Å². The number of non-ortho nitro benzene ring substituents is 1. The lowest BCUT2D eigenvalue weighted by Gasteiger charge is -2.08. The molecule has 0 saturated heterocycles. The number of nitrogens with zero attached hydrogens (tertiary/aromatic N) is 1. The van der Waals surface area contributed by atoms with Crippen LogP contribution in [-0.2, 0) is 15.9 Å². The van der Waals surface area contributed by atoms with Crippen LogP contribution in [-0.4, -0.2) is 13.3 Å². The Balaban J connectivity index is 2.18. The highest BCUT2D eigenvalue weighted by Gasteiger charge is 2.18. The van der Waals surface area contributed by atoms with Crippen LogP contribution < -0.4 is 4.18 Å². The van der Waals surface area contributed by atoms with Crippen molar-refractivity contribution in [2.24, 2.45) is 0 Å². The second-order valence-corrected chi connectivity index (χ2v) is 6.26. The van der Waals surface area contributed by atoms with Crippen LogP contribution in [0.4, 0.5) is 10.1 Å². The topological polar surface area (TPSA) is 86.5 Å². The zero-order valence-electron chi connectivity index (χ0n) is 10.9. The van der Waals surface area contributed by atoms with E-state index in [-0.39, 0.29) is 16.5 Å². The van der Waals surface area contributed by atoms with Crippen LogP contribution in [0.25, 0.3) is 0 Å². The number of hydrogen-bond donors (Lipinski definition) is 0. The SMILES string of the molecule is O=[N+]([O-])c1ccc(OS(=O)(=O)Cc2ccc(F)cc2)c(Cl)c1. The minimum Gasteiger partial charge on any atom is -0.381 e. The molecule has 6 nitrogen and oxygen atoms in total. The molecule has 0 fully saturated rings. The summed E-state index contributed by atoms with van der Waals surface area (Å²) in [7, 11) is -4.03. The van der Waals surface area contributed by atoms with Gasteiger partial charge in [0.15, 0.2) is 5.75 Å². The molecule has 0 spiro atoms. The first-order valence-corrected chi connectivity index (χ1v) is 7.83. The molecule has 22 heavy (non-hydrogen) atoms. The highest BCUT2D eigenvalue weighted by Crippen LogP contribution is 2.30. The van der Waals surface area contributed by atoms with Crippen LogP contribution in [0.3, 0.4) is 0 Å². The minimum absolute atomic E-state index is 0.197. The Hall–Kier alpha value is -2.19. The van der Waals surface area contributed by atoms with E-state index in [4.69, 9.17) is 15.8 Å². The highest BCUT2D eigenvalue weighted by molar-refractivity contribution is 7.86. The van der Waals surface area contributed by atoms with Crippen molar-refractivity contribution in [2.75, 3.05) is 0 Å². The normalized spacial score (nSPS) is 11.2. The van der Waals surface area contributed by atoms with Crippen molar-refractivity contribution in [3.8, 4) is 5.75 Å². The van der Waals surface area contributed by atoms with Gasteiger partial charge in [-0.3, -0.25) is 10.1 Å². The summed E-state index contributed by atoms with van der Waals surface area (Å²) in [6, 6.07) is 8.05. The molecule has 2 aromatic carbocycles. The first-order valence-electron chi connectivity index (χ1n) is 5.87. The van der Waals surface area contributed by atoms with Gasteiger partial charge in [0.1, 0.15) is 11.6 Å². The molecule has 0 radical (unpaired) electrons. The van der Waals surface area contributed by atoms with Crippen LogP contribution in [0.1, 0.15) is 5.56 Å². The lowest BCUT2D eigenvalue weighted by molar-refractivity contribution is -0.384. The summed E-state index contributed by atoms with van der Waals surface area (Å²) < 4.78 is 41.4. The molecular formula is C13H9ClFNO5S. The predicted molar refractivity (Wildman–Crippen MR) is 77.8 cm³/mol. The number of nitro benzene ring substituents is 1. The van der Waals surface area contributed by atoms with Crippen molar-refractivity contribution in [3.05, 3.63) is 69.0 Å². The smallest absolute Gasteiger partial charge is 0.313 e. The Labute approximate surface area is 130 Å². The second-order valence-electron chi connectivity index (χ2n) is 4.28. The lowest BCUT2D eigenvalue weighted by Crippen LogP contribution is -2.12. The van der Waals surface area contributed by atoms with E-state index in [0.717, 1.165) is 30.3 Å². The van der Waals surface area contributed by atoms with E-state index < -0.39 is 26.6 Å². The summed E-state index contributed by atoms with van der Waals surface area (Å²) >= 11 is 5.76. The van der Waals surface area contributed by atoms with Crippen LogP contribution in [0, 0.1) is 15.9 Å². The molecule has 0 aromatic heterocycles. The number of nitro groups is 1. The van der Waals surface area contributed by atoms with Gasteiger partial charge >= 0.3 is 10.1 Å². The molecule has 9 heteroatoms. The number of rotatable bonds is 5. The first kappa shape index (κ1) is 16.2. The standard InChI is InChI=1S/C13H9ClFNO5S/c14-12-7-11(16(17)18)5-6-13(12)21-22(19,20)8-9-1-3-10(15)4-2-9/h1-7H,8H2. The molecule has 116 valence electrons. The average Bonchev–Trinajstić information content (AvgIpc) is 2.43. The molecule has 2 aromatic rings. The van der Waals surface area contributed by atoms with Crippen LogP contribution in [0.2, 0.25) is 5.02 Å². The third-order valence-electron chi connectivity index (χ3n) is 2.60. The highest BCUT2D eigenvalue weighted by atomic mass is 35.5. The van der Waals surface area contributed by atoms with Gasteiger partial charge in [0.05, 0.1) is 9.95 Å². The Bertz CT molecular complexity index is 808. The van der Waals surface area contributed by atoms with Gasteiger partial charge in [-0.2, -0.15) is 8.42 Å². The van der Waals surface area contributed by atoms with E-state index in [1.807, 2.05) is 0 Å². The van der Waals surface area contributed by atoms with Gasteiger partial charge < -0.3 is 4.18 Å². The van der Waals surface area contributed by atoms with Gasteiger partial charge in [0.25, 0.3) is 5.69 Å². The fraction of sp³-hybridized carbons (Fsp3) is 0.0769. The third-order valence-corrected chi connectivity index (χ3v) is 4.02. The van der Waals surface area contributed by atoms with Gasteiger partial charge in [0, 0.05) is 12.1 Å². The predicted octanol–water partition coefficient (Wildman–Crippen LogP) is 3.30. The zero-order chi connectivity index (χ0) is 16.3. The molecule has 0 N–H and O–H groups in total. The van der Waals surface area contributed by atoms with Crippen LogP contribution in [0.15, 0.2) is 42.5 Å². The van der Waals surface area contributed by atoms with Gasteiger partial charge in [-0.15, -0.1) is 0 Å². The molecule has 0 aliphatic rings. The summed E-state index contributed by atoms with van der Waals surface area (Å²) in [5, 5.41) is 10.4. The summed E-state index contributed by atoms with van der Waals surface area (Å²) in [6.45, 7) is 0. The van der Waals surface area contributed by atoms with Crippen molar-refractivity contribution in [1.82, 2.24) is 0 Å². The monoisotopic (exact) mass is 345 g/mol. The summed E-state index contributed by atoms with van der Waals surface area (Å²) in [4.78, 5) is 9.91. The molecule has 0 atom stereocenters. The second kappa shape index (κ2) is 6.29. The quantitative estimate of drug-likeness (QED) is 0.471. The molecule has 2 rings (SSSR count). The van der Waals surface area contributed by atoms with Gasteiger partial charge in [-0.05, 0) is 23.8 Å². The van der Waals surface area contributed by atoms with E-state index in [9.17, 15) is 22.9 Å². The number of halogens is 2. The average molecular weight is 346 g/mol. The Kier molecular flexibility index (Phi) is 4.62. The summed E-state index contributed by atoms with van der Waals surface area (Å²) in [6.07, 6.45) is 0. The molecular weight excluding hydrogens is 337 g/mol. The van der Waals surface area contributed by atoms with E-state index in [1.165, 1.54) is 12.1 Å². The Morgan fingerprint density at radius 2 is 1.82 bits per heavy atom. The summed E-state index contributed by atoms with van der Waals surface area (Å²) in [5.74, 6) is -1.18. The maximum Gasteiger partial charge on any atom is 0.313 e. The largest absolute Gasteiger partial charge is 0.381 e. The zero-order valence-corrected chi connectivity index (χ0v) is 12.5. The maximum atomic E-state index is 12.8. The molecule has 0 heterocycles. The van der Waals surface area contributed by atoms with Gasteiger partial charge in [-0.25, -0.2) is 4.39 Å². The Morgan fingerprint density at radius 3 is 2.36 bits per heavy atom. The lowest BCUT2D eigenvalue weighted by atomic mass is 10.2. The first-order chi connectivity index (χ1) is 10.3. The molecule has 0 amide bonds. The van der Waals surface area contributed by atoms with Crippen LogP contribution in [0.5, 0.6) is 5.75 Å². The van der Waals surface area contributed by atoms with Crippen molar-refractivity contribution in [2.45, 2.75) is 5.75 Å². The van der Waals surface area contributed by atoms with Gasteiger partial charge in [0.2, 0.25) is 0 Å². The van der Waals surface area contributed by atoms with E-state index in [2.05, 4.69) is 0 Å². The number of hydrogen-bond acceptors (Lipinski definition) is 5. The van der Waals surface area contributed by atoms with E-state index >= 15 is 0 Å². The maximum absolute atomic E-state index is 12.8. The molecule has 0 aliphatic carbocycles. The minimum atomic E-state index is -4.03. The molecule has 0 bridgehead atoms. The molecule has 0 unspecified atom stereocenters. The van der Waals surface area contributed by atoms with Crippen molar-refractivity contribution in [3.63, 3.8) is 0 Å². The van der Waals surface area contributed by atoms with Crippen molar-refractivity contribution >= 4 is 27.4 Å². The molecule has 0 saturated carbocycles. The number of benzene rings is 2. The third kappa shape index (κ3) is 4.15. The summed E-state index contributed by atoms with van der Waals surface area (Å²) in [5.41, 5.74) is 0.0488. The van der Waals surface area contributed by atoms with Crippen LogP contribution >= 0.6 is 11.6 Å².